The van der Waals surface area contributed by atoms with Gasteiger partial charge in [-0.3, -0.25) is 4.79 Å². The summed E-state index contributed by atoms with van der Waals surface area (Å²) in [6.45, 7) is 2.14. The van der Waals surface area contributed by atoms with E-state index in [0.29, 0.717) is 12.5 Å². The van der Waals surface area contributed by atoms with Gasteiger partial charge in [0.2, 0.25) is 0 Å². The lowest BCUT2D eigenvalue weighted by Gasteiger charge is -2.34. The van der Waals surface area contributed by atoms with Crippen LogP contribution >= 0.6 is 0 Å². The van der Waals surface area contributed by atoms with Gasteiger partial charge in [-0.1, -0.05) is 13.3 Å². The molecule has 13 heavy (non-hydrogen) atoms. The van der Waals surface area contributed by atoms with E-state index in [1.807, 2.05) is 0 Å². The lowest BCUT2D eigenvalue weighted by molar-refractivity contribution is -0.896. The van der Waals surface area contributed by atoms with Crippen LogP contribution in [-0.2, 0) is 4.79 Å². The first kappa shape index (κ1) is 12.4. The summed E-state index contributed by atoms with van der Waals surface area (Å²) >= 11 is 0. The fourth-order valence-electron chi connectivity index (χ4n) is 1.54. The van der Waals surface area contributed by atoms with Crippen molar-refractivity contribution in [3.63, 3.8) is 0 Å². The number of carboxylic acids is 1. The van der Waals surface area contributed by atoms with Crippen molar-refractivity contribution >= 4 is 5.97 Å². The molecule has 0 aromatic rings. The summed E-state index contributed by atoms with van der Waals surface area (Å²) < 4.78 is 0.862. The molecule has 0 saturated carbocycles. The molecule has 1 unspecified atom stereocenters. The second-order valence-electron chi connectivity index (χ2n) is 4.49. The minimum absolute atomic E-state index is 0.292. The third kappa shape index (κ3) is 5.64. The minimum Gasteiger partial charge on any atom is -0.481 e. The zero-order valence-electron chi connectivity index (χ0n) is 9.21. The van der Waals surface area contributed by atoms with Gasteiger partial charge in [0.1, 0.15) is 0 Å². The maximum atomic E-state index is 10.4. The van der Waals surface area contributed by atoms with Crippen LogP contribution in [0.25, 0.3) is 0 Å². The molecule has 0 aliphatic rings. The van der Waals surface area contributed by atoms with Crippen molar-refractivity contribution in [3.05, 3.63) is 0 Å². The highest BCUT2D eigenvalue weighted by atomic mass is 16.4. The van der Waals surface area contributed by atoms with Crippen molar-refractivity contribution in [1.82, 2.24) is 0 Å². The predicted octanol–water partition coefficient (Wildman–Crippen LogP) is 1.73. The number of hydrogen-bond donors (Lipinski definition) is 1. The molecule has 0 heterocycles. The fraction of sp³-hybridized carbons (Fsp3) is 0.900. The number of carboxylic acid groups (broad SMARTS) is 1. The van der Waals surface area contributed by atoms with Crippen LogP contribution in [0, 0.1) is 0 Å². The molecule has 0 radical (unpaired) electrons. The number of nitrogens with zero attached hydrogens (tertiary/aromatic N) is 1. The molecular formula is C10H22NO2+. The summed E-state index contributed by atoms with van der Waals surface area (Å²) in [7, 11) is 6.38. The van der Waals surface area contributed by atoms with E-state index in [-0.39, 0.29) is 0 Å². The first-order valence-electron chi connectivity index (χ1n) is 4.90. The smallest absolute Gasteiger partial charge is 0.303 e. The molecule has 0 rings (SSSR count). The molecule has 0 fully saturated rings. The first-order valence-corrected chi connectivity index (χ1v) is 4.90. The second kappa shape index (κ2) is 5.22. The largest absolute Gasteiger partial charge is 0.481 e. The summed E-state index contributed by atoms with van der Waals surface area (Å²) in [6, 6.07) is 0.473. The van der Waals surface area contributed by atoms with Gasteiger partial charge >= 0.3 is 5.97 Å². The summed E-state index contributed by atoms with van der Waals surface area (Å²) in [5, 5.41) is 8.59. The Morgan fingerprint density at radius 2 is 1.85 bits per heavy atom. The third-order valence-corrected chi connectivity index (χ3v) is 2.41. The van der Waals surface area contributed by atoms with E-state index in [0.717, 1.165) is 23.7 Å². The summed E-state index contributed by atoms with van der Waals surface area (Å²) in [5.41, 5.74) is 0. The molecule has 78 valence electrons. The highest BCUT2D eigenvalue weighted by Gasteiger charge is 2.23. The van der Waals surface area contributed by atoms with Gasteiger partial charge in [0.05, 0.1) is 33.6 Å². The van der Waals surface area contributed by atoms with Gasteiger partial charge in [-0.25, -0.2) is 0 Å². The van der Waals surface area contributed by atoms with Gasteiger partial charge in [0.25, 0.3) is 0 Å². The van der Waals surface area contributed by atoms with Crippen molar-refractivity contribution in [2.45, 2.75) is 38.6 Å². The van der Waals surface area contributed by atoms with Crippen LogP contribution in [-0.4, -0.2) is 42.7 Å². The van der Waals surface area contributed by atoms with Crippen LogP contribution in [0.4, 0.5) is 0 Å². The molecule has 3 heteroatoms. The van der Waals surface area contributed by atoms with Crippen molar-refractivity contribution in [2.24, 2.45) is 0 Å². The monoisotopic (exact) mass is 188 g/mol. The van der Waals surface area contributed by atoms with Crippen LogP contribution in [0.15, 0.2) is 0 Å². The Morgan fingerprint density at radius 3 is 2.15 bits per heavy atom. The van der Waals surface area contributed by atoms with Gasteiger partial charge in [0.15, 0.2) is 0 Å². The Balaban J connectivity index is 4.02. The van der Waals surface area contributed by atoms with Crippen LogP contribution in [0.1, 0.15) is 32.6 Å². The van der Waals surface area contributed by atoms with Crippen molar-refractivity contribution in [2.75, 3.05) is 21.1 Å². The van der Waals surface area contributed by atoms with Gasteiger partial charge in [-0.05, 0) is 6.42 Å². The van der Waals surface area contributed by atoms with Crippen LogP contribution < -0.4 is 0 Å². The van der Waals surface area contributed by atoms with E-state index in [1.54, 1.807) is 0 Å². The van der Waals surface area contributed by atoms with Crippen LogP contribution in [0.5, 0.6) is 0 Å². The molecule has 0 aromatic carbocycles. The number of carbonyl (C=O) groups is 1. The first-order chi connectivity index (χ1) is 5.88. The Hall–Kier alpha value is -0.570. The van der Waals surface area contributed by atoms with Gasteiger partial charge < -0.3 is 9.59 Å². The zero-order chi connectivity index (χ0) is 10.5. The standard InChI is InChI=1S/C10H21NO2/c1-5-6-9(11(2,3)4)7-8-10(12)13/h9H,5-8H2,1-4H3/p+1. The molecular weight excluding hydrogens is 166 g/mol. The Bertz CT molecular complexity index is 161. The molecule has 1 N–H and O–H groups in total. The molecule has 0 aliphatic heterocycles. The van der Waals surface area contributed by atoms with E-state index in [2.05, 4.69) is 28.1 Å². The van der Waals surface area contributed by atoms with Crippen molar-refractivity contribution in [1.29, 1.82) is 0 Å². The second-order valence-corrected chi connectivity index (χ2v) is 4.49. The maximum absolute atomic E-state index is 10.4. The topological polar surface area (TPSA) is 37.3 Å². The van der Waals surface area contributed by atoms with Gasteiger partial charge in [-0.15, -0.1) is 0 Å². The zero-order valence-corrected chi connectivity index (χ0v) is 9.21. The quantitative estimate of drug-likeness (QED) is 0.644. The Morgan fingerprint density at radius 1 is 1.31 bits per heavy atom. The van der Waals surface area contributed by atoms with E-state index in [4.69, 9.17) is 5.11 Å². The van der Waals surface area contributed by atoms with Gasteiger partial charge in [0, 0.05) is 6.42 Å². The van der Waals surface area contributed by atoms with Gasteiger partial charge in [-0.2, -0.15) is 0 Å². The lowest BCUT2D eigenvalue weighted by Crippen LogP contribution is -2.45. The number of quaternary nitrogens is 1. The molecule has 0 spiro atoms. The Kier molecular flexibility index (Phi) is 4.99. The normalized spacial score (nSPS) is 14.2. The molecule has 0 aromatic heterocycles. The summed E-state index contributed by atoms with van der Waals surface area (Å²) in [4.78, 5) is 10.4. The van der Waals surface area contributed by atoms with Crippen molar-refractivity contribution < 1.29 is 14.4 Å². The fourth-order valence-corrected chi connectivity index (χ4v) is 1.54. The number of aliphatic carboxylic acids is 1. The molecule has 0 bridgehead atoms. The summed E-state index contributed by atoms with van der Waals surface area (Å²) in [5.74, 6) is -0.686. The average Bonchev–Trinajstić information content (AvgIpc) is 1.95. The third-order valence-electron chi connectivity index (χ3n) is 2.41. The van der Waals surface area contributed by atoms with E-state index in [9.17, 15) is 4.79 Å². The van der Waals surface area contributed by atoms with E-state index in [1.165, 1.54) is 0 Å². The minimum atomic E-state index is -0.686. The van der Waals surface area contributed by atoms with Crippen molar-refractivity contribution in [3.8, 4) is 0 Å². The molecule has 3 nitrogen and oxygen atoms in total. The van der Waals surface area contributed by atoms with Crippen LogP contribution in [0.2, 0.25) is 0 Å². The molecule has 0 saturated heterocycles. The number of rotatable bonds is 6. The van der Waals surface area contributed by atoms with Crippen LogP contribution in [0.3, 0.4) is 0 Å². The summed E-state index contributed by atoms with van der Waals surface area (Å²) in [6.07, 6.45) is 3.31. The molecule has 0 aliphatic carbocycles. The highest BCUT2D eigenvalue weighted by molar-refractivity contribution is 5.66. The lowest BCUT2D eigenvalue weighted by atomic mass is 10.0. The maximum Gasteiger partial charge on any atom is 0.303 e. The Labute approximate surface area is 80.9 Å². The number of hydrogen-bond acceptors (Lipinski definition) is 1. The highest BCUT2D eigenvalue weighted by Crippen LogP contribution is 2.15. The average molecular weight is 188 g/mol. The predicted molar refractivity (Wildman–Crippen MR) is 53.6 cm³/mol. The SMILES string of the molecule is CCCC(CCC(=O)O)[N+](C)(C)C. The molecule has 1 atom stereocenters. The molecule has 0 amide bonds. The van der Waals surface area contributed by atoms with E-state index < -0.39 is 5.97 Å². The van der Waals surface area contributed by atoms with E-state index >= 15 is 0 Å².